The van der Waals surface area contributed by atoms with Crippen molar-refractivity contribution < 1.29 is 4.79 Å². The Kier molecular flexibility index (Phi) is 5.78. The lowest BCUT2D eigenvalue weighted by Crippen LogP contribution is -2.48. The van der Waals surface area contributed by atoms with E-state index in [2.05, 4.69) is 0 Å². The molecular formula is C14H26ClNO. The molecule has 100 valence electrons. The second kappa shape index (κ2) is 6.63. The first-order valence-corrected chi connectivity index (χ1v) is 7.36. The molecule has 0 aromatic rings. The Morgan fingerprint density at radius 3 is 2.12 bits per heavy atom. The van der Waals surface area contributed by atoms with Crippen LogP contribution in [-0.2, 0) is 4.79 Å². The van der Waals surface area contributed by atoms with Crippen molar-refractivity contribution in [2.24, 2.45) is 5.92 Å². The Morgan fingerprint density at radius 2 is 1.65 bits per heavy atom. The summed E-state index contributed by atoms with van der Waals surface area (Å²) in [4.78, 5) is 14.3. The van der Waals surface area contributed by atoms with Crippen molar-refractivity contribution in [3.8, 4) is 0 Å². The SMILES string of the molecule is CN(C(=O)C1CCCCCCC1)C(C)(C)CCl. The van der Waals surface area contributed by atoms with Crippen molar-refractivity contribution in [1.82, 2.24) is 4.90 Å². The van der Waals surface area contributed by atoms with E-state index in [9.17, 15) is 4.79 Å². The summed E-state index contributed by atoms with van der Waals surface area (Å²) < 4.78 is 0. The summed E-state index contributed by atoms with van der Waals surface area (Å²) in [5.41, 5.74) is -0.235. The molecule has 1 aliphatic carbocycles. The van der Waals surface area contributed by atoms with Crippen molar-refractivity contribution in [3.63, 3.8) is 0 Å². The molecule has 2 nitrogen and oxygen atoms in total. The quantitative estimate of drug-likeness (QED) is 0.706. The molecule has 3 heteroatoms. The Bertz CT molecular complexity index is 245. The highest BCUT2D eigenvalue weighted by atomic mass is 35.5. The minimum Gasteiger partial charge on any atom is -0.339 e. The number of hydrogen-bond donors (Lipinski definition) is 0. The van der Waals surface area contributed by atoms with E-state index in [1.807, 2.05) is 25.8 Å². The molecule has 0 aromatic carbocycles. The largest absolute Gasteiger partial charge is 0.339 e. The van der Waals surface area contributed by atoms with Crippen LogP contribution in [0.5, 0.6) is 0 Å². The van der Waals surface area contributed by atoms with Gasteiger partial charge in [0.25, 0.3) is 0 Å². The summed E-state index contributed by atoms with van der Waals surface area (Å²) in [5, 5.41) is 0. The van der Waals surface area contributed by atoms with Crippen LogP contribution in [0.25, 0.3) is 0 Å². The third-order valence-electron chi connectivity index (χ3n) is 4.02. The van der Waals surface area contributed by atoms with Gasteiger partial charge in [0.1, 0.15) is 0 Å². The summed E-state index contributed by atoms with van der Waals surface area (Å²) in [6.07, 6.45) is 8.42. The summed E-state index contributed by atoms with van der Waals surface area (Å²) in [6, 6.07) is 0. The molecule has 1 saturated carbocycles. The van der Waals surface area contributed by atoms with Crippen LogP contribution >= 0.6 is 11.6 Å². The first-order chi connectivity index (χ1) is 7.99. The van der Waals surface area contributed by atoms with Crippen LogP contribution in [0.1, 0.15) is 58.8 Å². The fourth-order valence-corrected chi connectivity index (χ4v) is 2.54. The van der Waals surface area contributed by atoms with E-state index in [0.29, 0.717) is 5.88 Å². The predicted octanol–water partition coefficient (Wildman–Crippen LogP) is 3.82. The number of hydrogen-bond acceptors (Lipinski definition) is 1. The average Bonchev–Trinajstić information content (AvgIpc) is 2.27. The maximum Gasteiger partial charge on any atom is 0.225 e. The van der Waals surface area contributed by atoms with Crippen molar-refractivity contribution in [2.75, 3.05) is 12.9 Å². The van der Waals surface area contributed by atoms with Gasteiger partial charge in [0.2, 0.25) is 5.91 Å². The van der Waals surface area contributed by atoms with E-state index in [-0.39, 0.29) is 17.4 Å². The van der Waals surface area contributed by atoms with Crippen LogP contribution < -0.4 is 0 Å². The van der Waals surface area contributed by atoms with Gasteiger partial charge in [-0.2, -0.15) is 0 Å². The number of carbonyl (C=O) groups excluding carboxylic acids is 1. The number of rotatable bonds is 3. The molecule has 0 saturated heterocycles. The molecule has 0 spiro atoms. The van der Waals surface area contributed by atoms with Crippen LogP contribution in [0, 0.1) is 5.92 Å². The van der Waals surface area contributed by atoms with Crippen LogP contribution in [0.3, 0.4) is 0 Å². The Hall–Kier alpha value is -0.240. The van der Waals surface area contributed by atoms with Gasteiger partial charge < -0.3 is 4.90 Å². The number of carbonyl (C=O) groups is 1. The van der Waals surface area contributed by atoms with Gasteiger partial charge >= 0.3 is 0 Å². The lowest BCUT2D eigenvalue weighted by Gasteiger charge is -2.36. The van der Waals surface area contributed by atoms with E-state index in [1.54, 1.807) is 0 Å². The average molecular weight is 260 g/mol. The maximum atomic E-state index is 12.4. The minimum absolute atomic E-state index is 0.225. The van der Waals surface area contributed by atoms with E-state index < -0.39 is 0 Å². The van der Waals surface area contributed by atoms with Crippen molar-refractivity contribution >= 4 is 17.5 Å². The Balaban J connectivity index is 2.60. The van der Waals surface area contributed by atoms with E-state index in [4.69, 9.17) is 11.6 Å². The lowest BCUT2D eigenvalue weighted by molar-refractivity contribution is -0.139. The second-order valence-corrected chi connectivity index (χ2v) is 6.15. The topological polar surface area (TPSA) is 20.3 Å². The van der Waals surface area contributed by atoms with Crippen LogP contribution in [-0.4, -0.2) is 29.3 Å². The molecule has 0 unspecified atom stereocenters. The van der Waals surface area contributed by atoms with Crippen molar-refractivity contribution in [3.05, 3.63) is 0 Å². The molecule has 1 aliphatic rings. The van der Waals surface area contributed by atoms with Crippen LogP contribution in [0.4, 0.5) is 0 Å². The first-order valence-electron chi connectivity index (χ1n) is 6.82. The van der Waals surface area contributed by atoms with Gasteiger partial charge in [-0.1, -0.05) is 32.1 Å². The molecule has 0 heterocycles. The molecule has 0 aliphatic heterocycles. The Labute approximate surface area is 111 Å². The fraction of sp³-hybridized carbons (Fsp3) is 0.929. The molecule has 0 N–H and O–H groups in total. The van der Waals surface area contributed by atoms with E-state index in [0.717, 1.165) is 12.8 Å². The summed E-state index contributed by atoms with van der Waals surface area (Å²) in [7, 11) is 1.89. The number of halogens is 1. The van der Waals surface area contributed by atoms with Crippen molar-refractivity contribution in [2.45, 2.75) is 64.3 Å². The summed E-state index contributed by atoms with van der Waals surface area (Å²) in [5.74, 6) is 1.00. The molecule has 1 fully saturated rings. The number of alkyl halides is 1. The highest BCUT2D eigenvalue weighted by Gasteiger charge is 2.31. The summed E-state index contributed by atoms with van der Waals surface area (Å²) in [6.45, 7) is 4.06. The first kappa shape index (κ1) is 14.8. The van der Waals surface area contributed by atoms with E-state index >= 15 is 0 Å². The molecule has 1 rings (SSSR count). The number of nitrogens with zero attached hydrogens (tertiary/aromatic N) is 1. The molecule has 0 radical (unpaired) electrons. The monoisotopic (exact) mass is 259 g/mol. The maximum absolute atomic E-state index is 12.4. The zero-order valence-corrected chi connectivity index (χ0v) is 12.2. The molecule has 17 heavy (non-hydrogen) atoms. The van der Waals surface area contributed by atoms with Gasteiger partial charge in [0, 0.05) is 18.8 Å². The van der Waals surface area contributed by atoms with Crippen LogP contribution in [0.2, 0.25) is 0 Å². The van der Waals surface area contributed by atoms with Gasteiger partial charge in [-0.3, -0.25) is 4.79 Å². The van der Waals surface area contributed by atoms with Crippen LogP contribution in [0.15, 0.2) is 0 Å². The van der Waals surface area contributed by atoms with Gasteiger partial charge in [-0.05, 0) is 26.7 Å². The zero-order valence-electron chi connectivity index (χ0n) is 11.5. The molecule has 0 aromatic heterocycles. The second-order valence-electron chi connectivity index (χ2n) is 5.89. The van der Waals surface area contributed by atoms with E-state index in [1.165, 1.54) is 32.1 Å². The predicted molar refractivity (Wildman–Crippen MR) is 73.4 cm³/mol. The highest BCUT2D eigenvalue weighted by Crippen LogP contribution is 2.26. The lowest BCUT2D eigenvalue weighted by atomic mass is 9.89. The zero-order chi connectivity index (χ0) is 12.9. The van der Waals surface area contributed by atoms with Gasteiger partial charge in [0.15, 0.2) is 0 Å². The third-order valence-corrected chi connectivity index (χ3v) is 4.67. The molecule has 0 bridgehead atoms. The van der Waals surface area contributed by atoms with Gasteiger partial charge in [-0.15, -0.1) is 11.6 Å². The fourth-order valence-electron chi connectivity index (χ4n) is 2.36. The molecular weight excluding hydrogens is 234 g/mol. The Morgan fingerprint density at radius 1 is 1.18 bits per heavy atom. The normalized spacial score (nSPS) is 19.5. The molecule has 0 atom stereocenters. The number of amides is 1. The van der Waals surface area contributed by atoms with Gasteiger partial charge in [-0.25, -0.2) is 0 Å². The van der Waals surface area contributed by atoms with Crippen molar-refractivity contribution in [1.29, 1.82) is 0 Å². The summed E-state index contributed by atoms with van der Waals surface area (Å²) >= 11 is 5.94. The standard InChI is InChI=1S/C14H26ClNO/c1-14(2,11-15)16(3)13(17)12-9-7-5-4-6-8-10-12/h12H,4-11H2,1-3H3. The smallest absolute Gasteiger partial charge is 0.225 e. The van der Waals surface area contributed by atoms with Gasteiger partial charge in [0.05, 0.1) is 5.54 Å². The highest BCUT2D eigenvalue weighted by molar-refractivity contribution is 6.18. The third kappa shape index (κ3) is 4.17. The molecule has 1 amide bonds. The minimum atomic E-state index is -0.235.